The van der Waals surface area contributed by atoms with Crippen LogP contribution < -0.4 is 11.0 Å². The predicted molar refractivity (Wildman–Crippen MR) is 74.8 cm³/mol. The first kappa shape index (κ1) is 11.9. The molecule has 2 unspecified atom stereocenters. The minimum absolute atomic E-state index is 0.297. The Morgan fingerprint density at radius 2 is 2.25 bits per heavy atom. The summed E-state index contributed by atoms with van der Waals surface area (Å²) in [5, 5.41) is 14.0. The van der Waals surface area contributed by atoms with Gasteiger partial charge < -0.3 is 10.2 Å². The van der Waals surface area contributed by atoms with Crippen LogP contribution in [0, 0.1) is 0 Å². The third kappa shape index (κ3) is 1.98. The summed E-state index contributed by atoms with van der Waals surface area (Å²) in [6.07, 6.45) is 4.94. The standard InChI is InChI=1S/C13H18N6O/c20-13-16-15-12-4-3-11(17-19(12)13)14-9-5-7-18-6-1-2-10(18)8-9/h3-4,9-10H,1-2,5-8H2,(H,14,17)(H,16,20). The Balaban J connectivity index is 1.52. The maximum Gasteiger partial charge on any atom is 0.364 e. The first-order valence-electron chi connectivity index (χ1n) is 7.25. The molecule has 0 aliphatic carbocycles. The number of nitrogens with one attached hydrogen (secondary N) is 2. The fourth-order valence-electron chi connectivity index (χ4n) is 3.44. The molecule has 0 spiro atoms. The minimum atomic E-state index is -0.297. The van der Waals surface area contributed by atoms with Crippen LogP contribution in [0.2, 0.25) is 0 Å². The molecule has 2 aromatic heterocycles. The second kappa shape index (κ2) is 4.59. The summed E-state index contributed by atoms with van der Waals surface area (Å²) in [5.41, 5.74) is 0.250. The second-order valence-electron chi connectivity index (χ2n) is 5.71. The van der Waals surface area contributed by atoms with Gasteiger partial charge in [-0.05, 0) is 44.4 Å². The molecule has 20 heavy (non-hydrogen) atoms. The fourth-order valence-corrected chi connectivity index (χ4v) is 3.44. The Hall–Kier alpha value is -1.89. The number of aromatic nitrogens is 4. The third-order valence-electron chi connectivity index (χ3n) is 4.45. The van der Waals surface area contributed by atoms with E-state index in [0.717, 1.165) is 24.8 Å². The van der Waals surface area contributed by atoms with Gasteiger partial charge in [0, 0.05) is 18.6 Å². The molecule has 0 bridgehead atoms. The van der Waals surface area contributed by atoms with Gasteiger partial charge in [0.15, 0.2) is 5.65 Å². The molecule has 2 N–H and O–H groups in total. The van der Waals surface area contributed by atoms with E-state index in [1.54, 1.807) is 6.07 Å². The van der Waals surface area contributed by atoms with Crippen LogP contribution in [0.1, 0.15) is 25.7 Å². The molecule has 2 fully saturated rings. The molecule has 2 aliphatic heterocycles. The summed E-state index contributed by atoms with van der Waals surface area (Å²) in [7, 11) is 0. The van der Waals surface area contributed by atoms with E-state index in [1.165, 1.54) is 30.3 Å². The topological polar surface area (TPSA) is 78.3 Å². The van der Waals surface area contributed by atoms with Crippen molar-refractivity contribution >= 4 is 11.5 Å². The number of nitrogens with zero attached hydrogens (tertiary/aromatic N) is 4. The molecule has 0 aromatic carbocycles. The molecule has 4 heterocycles. The van der Waals surface area contributed by atoms with E-state index in [1.807, 2.05) is 6.07 Å². The molecule has 2 aliphatic rings. The van der Waals surface area contributed by atoms with Gasteiger partial charge in [0.1, 0.15) is 5.82 Å². The number of aromatic amines is 1. The van der Waals surface area contributed by atoms with E-state index >= 15 is 0 Å². The largest absolute Gasteiger partial charge is 0.366 e. The monoisotopic (exact) mass is 274 g/mol. The Bertz CT molecular complexity index is 677. The normalized spacial score (nSPS) is 26.8. The molecule has 4 rings (SSSR count). The number of rotatable bonds is 2. The quantitative estimate of drug-likeness (QED) is 0.831. The molecule has 2 saturated heterocycles. The highest BCUT2D eigenvalue weighted by molar-refractivity contribution is 5.43. The average molecular weight is 274 g/mol. The van der Waals surface area contributed by atoms with Crippen LogP contribution in [0.25, 0.3) is 5.65 Å². The van der Waals surface area contributed by atoms with Crippen molar-refractivity contribution < 1.29 is 0 Å². The summed E-state index contributed by atoms with van der Waals surface area (Å²) in [6.45, 7) is 2.42. The molecule has 0 amide bonds. The third-order valence-corrected chi connectivity index (χ3v) is 4.45. The highest BCUT2D eigenvalue weighted by Crippen LogP contribution is 2.28. The van der Waals surface area contributed by atoms with Crippen molar-refractivity contribution in [3.63, 3.8) is 0 Å². The summed E-state index contributed by atoms with van der Waals surface area (Å²) in [5.74, 6) is 0.748. The lowest BCUT2D eigenvalue weighted by Crippen LogP contribution is -2.42. The number of H-pyrrole nitrogens is 1. The van der Waals surface area contributed by atoms with E-state index in [2.05, 4.69) is 25.5 Å². The van der Waals surface area contributed by atoms with Crippen LogP contribution in [0.4, 0.5) is 5.82 Å². The number of fused-ring (bicyclic) bond motifs is 2. The van der Waals surface area contributed by atoms with Gasteiger partial charge in [0.05, 0.1) is 0 Å². The molecule has 7 heteroatoms. The molecule has 0 saturated carbocycles. The van der Waals surface area contributed by atoms with Crippen LogP contribution in [0.3, 0.4) is 0 Å². The van der Waals surface area contributed by atoms with Gasteiger partial charge in [-0.15, -0.1) is 5.10 Å². The Morgan fingerprint density at radius 1 is 1.30 bits per heavy atom. The minimum Gasteiger partial charge on any atom is -0.366 e. The molecule has 2 atom stereocenters. The first-order valence-corrected chi connectivity index (χ1v) is 7.25. The van der Waals surface area contributed by atoms with Crippen molar-refractivity contribution in [1.82, 2.24) is 24.7 Å². The maximum atomic E-state index is 11.5. The van der Waals surface area contributed by atoms with Gasteiger partial charge >= 0.3 is 5.69 Å². The van der Waals surface area contributed by atoms with Crippen molar-refractivity contribution in [2.45, 2.75) is 37.8 Å². The highest BCUT2D eigenvalue weighted by Gasteiger charge is 2.31. The van der Waals surface area contributed by atoms with E-state index in [-0.39, 0.29) is 5.69 Å². The molecule has 7 nitrogen and oxygen atoms in total. The zero-order chi connectivity index (χ0) is 13.5. The lowest BCUT2D eigenvalue weighted by Gasteiger charge is -2.35. The van der Waals surface area contributed by atoms with Gasteiger partial charge in [0.2, 0.25) is 0 Å². The number of hydrogen-bond acceptors (Lipinski definition) is 5. The van der Waals surface area contributed by atoms with Gasteiger partial charge in [0.25, 0.3) is 0 Å². The van der Waals surface area contributed by atoms with E-state index in [9.17, 15) is 4.79 Å². The number of anilines is 1. The zero-order valence-electron chi connectivity index (χ0n) is 11.2. The van der Waals surface area contributed by atoms with Crippen molar-refractivity contribution in [3.05, 3.63) is 22.6 Å². The van der Waals surface area contributed by atoms with Gasteiger partial charge in [-0.2, -0.15) is 9.61 Å². The van der Waals surface area contributed by atoms with E-state index in [0.29, 0.717) is 11.7 Å². The number of hydrogen-bond donors (Lipinski definition) is 2. The Labute approximate surface area is 116 Å². The van der Waals surface area contributed by atoms with Crippen LogP contribution in [-0.4, -0.2) is 49.9 Å². The Morgan fingerprint density at radius 3 is 3.20 bits per heavy atom. The summed E-state index contributed by atoms with van der Waals surface area (Å²) in [6, 6.07) is 4.86. The van der Waals surface area contributed by atoms with Crippen molar-refractivity contribution in [2.75, 3.05) is 18.4 Å². The molecular formula is C13H18N6O. The zero-order valence-corrected chi connectivity index (χ0v) is 11.2. The summed E-state index contributed by atoms with van der Waals surface area (Å²) in [4.78, 5) is 14.1. The molecule has 2 aromatic rings. The van der Waals surface area contributed by atoms with Gasteiger partial charge in [-0.25, -0.2) is 9.89 Å². The maximum absolute atomic E-state index is 11.5. The first-order chi connectivity index (χ1) is 9.79. The lowest BCUT2D eigenvalue weighted by molar-refractivity contribution is 0.188. The highest BCUT2D eigenvalue weighted by atomic mass is 16.2. The molecule has 106 valence electrons. The van der Waals surface area contributed by atoms with Crippen LogP contribution in [-0.2, 0) is 0 Å². The van der Waals surface area contributed by atoms with E-state index < -0.39 is 0 Å². The summed E-state index contributed by atoms with van der Waals surface area (Å²) >= 11 is 0. The molecular weight excluding hydrogens is 256 g/mol. The lowest BCUT2D eigenvalue weighted by atomic mass is 9.98. The average Bonchev–Trinajstić information content (AvgIpc) is 3.06. The van der Waals surface area contributed by atoms with E-state index in [4.69, 9.17) is 0 Å². The van der Waals surface area contributed by atoms with Gasteiger partial charge in [-0.3, -0.25) is 0 Å². The smallest absolute Gasteiger partial charge is 0.364 e. The van der Waals surface area contributed by atoms with Crippen LogP contribution in [0.5, 0.6) is 0 Å². The van der Waals surface area contributed by atoms with Crippen molar-refractivity contribution in [2.24, 2.45) is 0 Å². The summed E-state index contributed by atoms with van der Waals surface area (Å²) < 4.78 is 1.30. The molecule has 0 radical (unpaired) electrons. The fraction of sp³-hybridized carbons (Fsp3) is 0.615. The Kier molecular flexibility index (Phi) is 2.73. The number of piperidine rings is 1. The van der Waals surface area contributed by atoms with Crippen molar-refractivity contribution in [3.8, 4) is 0 Å². The van der Waals surface area contributed by atoms with Crippen LogP contribution in [0.15, 0.2) is 16.9 Å². The SMILES string of the molecule is O=c1[nH]nc2ccc(NC3CCN4CCCC4C3)nn12. The van der Waals surface area contributed by atoms with Crippen molar-refractivity contribution in [1.29, 1.82) is 0 Å². The predicted octanol–water partition coefficient (Wildman–Crippen LogP) is 0.456. The van der Waals surface area contributed by atoms with Gasteiger partial charge in [-0.1, -0.05) is 0 Å². The van der Waals surface area contributed by atoms with Crippen LogP contribution >= 0.6 is 0 Å². The second-order valence-corrected chi connectivity index (χ2v) is 5.71.